The summed E-state index contributed by atoms with van der Waals surface area (Å²) in [4.78, 5) is 9.62. The average Bonchev–Trinajstić information content (AvgIpc) is 3.18. The molecule has 6 nitrogen and oxygen atoms in total. The number of nitrogens with zero attached hydrogens (tertiary/aromatic N) is 4. The van der Waals surface area contributed by atoms with Crippen molar-refractivity contribution in [3.8, 4) is 5.75 Å². The monoisotopic (exact) mass is 354 g/mol. The van der Waals surface area contributed by atoms with Crippen LogP contribution in [0, 0.1) is 0 Å². The van der Waals surface area contributed by atoms with E-state index in [0.29, 0.717) is 18.2 Å². The van der Waals surface area contributed by atoms with Gasteiger partial charge in [-0.1, -0.05) is 41.0 Å². The van der Waals surface area contributed by atoms with Crippen LogP contribution in [0.4, 0.5) is 0 Å². The lowest BCUT2D eigenvalue weighted by atomic mass is 10.0. The molecule has 126 valence electrons. The second-order valence-corrected chi connectivity index (χ2v) is 6.01. The first-order chi connectivity index (χ1) is 12.3. The van der Waals surface area contributed by atoms with Crippen LogP contribution in [0.15, 0.2) is 66.3 Å². The molecule has 0 spiro atoms. The van der Waals surface area contributed by atoms with Crippen LogP contribution < -0.4 is 4.74 Å². The Morgan fingerprint density at radius 2 is 2.04 bits per heavy atom. The summed E-state index contributed by atoms with van der Waals surface area (Å²) in [7, 11) is 0. The lowest BCUT2D eigenvalue weighted by Crippen LogP contribution is -2.31. The van der Waals surface area contributed by atoms with Gasteiger partial charge in [-0.25, -0.2) is 9.67 Å². The summed E-state index contributed by atoms with van der Waals surface area (Å²) in [6.07, 6.45) is 3.14. The second kappa shape index (κ2) is 6.94. The van der Waals surface area contributed by atoms with Crippen LogP contribution >= 0.6 is 11.6 Å². The highest BCUT2D eigenvalue weighted by atomic mass is 35.5. The van der Waals surface area contributed by atoms with Gasteiger partial charge in [0, 0.05) is 10.6 Å². The van der Waals surface area contributed by atoms with Gasteiger partial charge in [-0.2, -0.15) is 5.10 Å². The Balaban J connectivity index is 1.61. The molecule has 1 aliphatic rings. The van der Waals surface area contributed by atoms with Gasteiger partial charge in [-0.15, -0.1) is 0 Å². The van der Waals surface area contributed by atoms with Crippen molar-refractivity contribution in [1.29, 1.82) is 0 Å². The van der Waals surface area contributed by atoms with Gasteiger partial charge >= 0.3 is 0 Å². The molecular weight excluding hydrogens is 340 g/mol. The SMILES string of the molecule is Clc1ccc(CO/N=C2\c3ccccc3OCC2n2cncn2)cc1. The summed E-state index contributed by atoms with van der Waals surface area (Å²) in [5.41, 5.74) is 2.65. The smallest absolute Gasteiger partial charge is 0.142 e. The fraction of sp³-hybridized carbons (Fsp3) is 0.167. The van der Waals surface area contributed by atoms with Crippen LogP contribution in [0.5, 0.6) is 5.75 Å². The molecule has 1 atom stereocenters. The molecule has 0 bridgehead atoms. The summed E-state index contributed by atoms with van der Waals surface area (Å²) in [5, 5.41) is 9.30. The van der Waals surface area contributed by atoms with Gasteiger partial charge in [0.2, 0.25) is 0 Å². The summed E-state index contributed by atoms with van der Waals surface area (Å²) in [6.45, 7) is 0.775. The lowest BCUT2D eigenvalue weighted by Gasteiger charge is -2.26. The van der Waals surface area contributed by atoms with E-state index in [0.717, 1.165) is 22.6 Å². The molecule has 2 heterocycles. The summed E-state index contributed by atoms with van der Waals surface area (Å²) in [6, 6.07) is 15.0. The topological polar surface area (TPSA) is 61.5 Å². The Morgan fingerprint density at radius 1 is 1.20 bits per heavy atom. The van der Waals surface area contributed by atoms with Gasteiger partial charge in [0.1, 0.15) is 43.4 Å². The van der Waals surface area contributed by atoms with Crippen molar-refractivity contribution in [1.82, 2.24) is 14.8 Å². The van der Waals surface area contributed by atoms with E-state index in [1.165, 1.54) is 6.33 Å². The normalized spacial score (nSPS) is 17.8. The van der Waals surface area contributed by atoms with Crippen molar-refractivity contribution in [2.75, 3.05) is 6.61 Å². The third kappa shape index (κ3) is 3.34. The number of hydrogen-bond acceptors (Lipinski definition) is 5. The standard InChI is InChI=1S/C18H15ClN4O2/c19-14-7-5-13(6-8-14)9-25-22-18-15-3-1-2-4-17(15)24-10-16(18)23-12-20-11-21-23/h1-8,11-12,16H,9-10H2/b22-18+. The zero-order chi connectivity index (χ0) is 17.1. The zero-order valence-corrected chi connectivity index (χ0v) is 14.0. The number of halogens is 1. The molecular formula is C18H15ClN4O2. The first-order valence-corrected chi connectivity index (χ1v) is 8.19. The van der Waals surface area contributed by atoms with E-state index in [9.17, 15) is 0 Å². The predicted molar refractivity (Wildman–Crippen MR) is 93.8 cm³/mol. The zero-order valence-electron chi connectivity index (χ0n) is 13.2. The molecule has 0 saturated carbocycles. The first kappa shape index (κ1) is 15.7. The molecule has 4 rings (SSSR count). The number of ether oxygens (including phenoxy) is 1. The number of oxime groups is 1. The molecule has 0 radical (unpaired) electrons. The number of para-hydroxylation sites is 1. The summed E-state index contributed by atoms with van der Waals surface area (Å²) < 4.78 is 7.55. The van der Waals surface area contributed by atoms with Crippen LogP contribution in [0.3, 0.4) is 0 Å². The van der Waals surface area contributed by atoms with Gasteiger partial charge in [0.15, 0.2) is 0 Å². The summed E-state index contributed by atoms with van der Waals surface area (Å²) in [5.74, 6) is 0.785. The average molecular weight is 355 g/mol. The lowest BCUT2D eigenvalue weighted by molar-refractivity contribution is 0.127. The third-order valence-electron chi connectivity index (χ3n) is 3.94. The molecule has 0 amide bonds. The van der Waals surface area contributed by atoms with Gasteiger partial charge < -0.3 is 9.57 Å². The number of rotatable bonds is 4. The van der Waals surface area contributed by atoms with E-state index in [2.05, 4.69) is 15.2 Å². The number of aromatic nitrogens is 3. The quantitative estimate of drug-likeness (QED) is 0.673. The largest absolute Gasteiger partial charge is 0.490 e. The predicted octanol–water partition coefficient (Wildman–Crippen LogP) is 3.49. The minimum Gasteiger partial charge on any atom is -0.490 e. The van der Waals surface area contributed by atoms with E-state index in [4.69, 9.17) is 21.2 Å². The molecule has 7 heteroatoms. The van der Waals surface area contributed by atoms with Gasteiger partial charge in [0.05, 0.1) is 0 Å². The molecule has 25 heavy (non-hydrogen) atoms. The van der Waals surface area contributed by atoms with E-state index in [1.54, 1.807) is 11.0 Å². The first-order valence-electron chi connectivity index (χ1n) is 7.82. The number of fused-ring (bicyclic) bond motifs is 1. The van der Waals surface area contributed by atoms with Crippen LogP contribution in [-0.4, -0.2) is 27.1 Å². The van der Waals surface area contributed by atoms with Crippen molar-refractivity contribution in [2.45, 2.75) is 12.6 Å². The molecule has 1 aromatic heterocycles. The van der Waals surface area contributed by atoms with Crippen molar-refractivity contribution >= 4 is 17.3 Å². The molecule has 0 N–H and O–H groups in total. The summed E-state index contributed by atoms with van der Waals surface area (Å²) >= 11 is 5.90. The maximum atomic E-state index is 5.90. The van der Waals surface area contributed by atoms with Gasteiger partial charge in [-0.3, -0.25) is 0 Å². The van der Waals surface area contributed by atoms with E-state index in [1.807, 2.05) is 48.5 Å². The van der Waals surface area contributed by atoms with Crippen molar-refractivity contribution in [3.63, 3.8) is 0 Å². The Labute approximate surface area is 149 Å². The van der Waals surface area contributed by atoms with E-state index >= 15 is 0 Å². The fourth-order valence-electron chi connectivity index (χ4n) is 2.68. The van der Waals surface area contributed by atoms with E-state index < -0.39 is 0 Å². The van der Waals surface area contributed by atoms with Crippen LogP contribution in [-0.2, 0) is 11.4 Å². The minimum absolute atomic E-state index is 0.192. The Bertz CT molecular complexity index is 878. The van der Waals surface area contributed by atoms with Crippen molar-refractivity contribution in [2.24, 2.45) is 5.16 Å². The highest BCUT2D eigenvalue weighted by molar-refractivity contribution is 6.30. The van der Waals surface area contributed by atoms with Crippen LogP contribution in [0.2, 0.25) is 5.02 Å². The fourth-order valence-corrected chi connectivity index (χ4v) is 2.80. The molecule has 0 fully saturated rings. The Hall–Kier alpha value is -2.86. The number of hydrogen-bond donors (Lipinski definition) is 0. The molecule has 1 unspecified atom stereocenters. The highest BCUT2D eigenvalue weighted by Crippen LogP contribution is 2.29. The van der Waals surface area contributed by atoms with E-state index in [-0.39, 0.29) is 6.04 Å². The number of benzene rings is 2. The third-order valence-corrected chi connectivity index (χ3v) is 4.19. The molecule has 0 aliphatic carbocycles. The minimum atomic E-state index is -0.192. The van der Waals surface area contributed by atoms with Crippen molar-refractivity contribution < 1.29 is 9.57 Å². The molecule has 2 aromatic carbocycles. The van der Waals surface area contributed by atoms with Gasteiger partial charge in [0.25, 0.3) is 0 Å². The van der Waals surface area contributed by atoms with Crippen LogP contribution in [0.25, 0.3) is 0 Å². The Morgan fingerprint density at radius 3 is 2.84 bits per heavy atom. The molecule has 1 aliphatic heterocycles. The highest BCUT2D eigenvalue weighted by Gasteiger charge is 2.29. The second-order valence-electron chi connectivity index (χ2n) is 5.57. The van der Waals surface area contributed by atoms with Crippen LogP contribution in [0.1, 0.15) is 17.2 Å². The maximum Gasteiger partial charge on any atom is 0.142 e. The molecule has 3 aromatic rings. The van der Waals surface area contributed by atoms with Gasteiger partial charge in [-0.05, 0) is 29.8 Å². The Kier molecular flexibility index (Phi) is 4.35. The maximum absolute atomic E-state index is 5.90. The van der Waals surface area contributed by atoms with Crippen molar-refractivity contribution in [3.05, 3.63) is 77.3 Å². The molecule has 0 saturated heterocycles.